The average Bonchev–Trinajstić information content (AvgIpc) is 2.31. The van der Waals surface area contributed by atoms with Crippen molar-refractivity contribution >= 4 is 22.1 Å². The van der Waals surface area contributed by atoms with Crippen LogP contribution in [0, 0.1) is 0 Å². The highest BCUT2D eigenvalue weighted by Gasteiger charge is 2.19. The maximum Gasteiger partial charge on any atom is 0.357 e. The topological polar surface area (TPSA) is 73.8 Å². The Morgan fingerprint density at radius 1 is 1.25 bits per heavy atom. The molecule has 7 heteroatoms. The number of allylic oxidation sites excluding steroid dienone is 1. The van der Waals surface area contributed by atoms with E-state index in [2.05, 4.69) is 15.2 Å². The van der Waals surface area contributed by atoms with Crippen molar-refractivity contribution in [3.8, 4) is 0 Å². The molecule has 1 aliphatic rings. The fraction of sp³-hybridized carbons (Fsp3) is 0. The fourth-order valence-electron chi connectivity index (χ4n) is 1.11. The number of nitrogens with one attached hydrogen (secondary N) is 2. The normalized spacial score (nSPS) is 14.6. The Kier molecular flexibility index (Phi) is 2.78. The highest BCUT2D eigenvalue weighted by Crippen LogP contribution is 2.10. The number of rotatable bonds is 3. The summed E-state index contributed by atoms with van der Waals surface area (Å²) in [5.41, 5.74) is 2.96. The van der Waals surface area contributed by atoms with Gasteiger partial charge >= 0.3 is 10.2 Å². The Labute approximate surface area is 93.4 Å². The average molecular weight is 238 g/mol. The standard InChI is InChI=1S/C9H10N4O2S/c14-16(15,13-10-7-4-8-11-13)12-9-5-2-1-3-6-9/h1-8,10,12H. The molecule has 0 radical (unpaired) electrons. The first-order valence-electron chi connectivity index (χ1n) is 4.52. The summed E-state index contributed by atoms with van der Waals surface area (Å²) in [6.07, 6.45) is 4.44. The van der Waals surface area contributed by atoms with Gasteiger partial charge < -0.3 is 0 Å². The molecule has 1 aliphatic heterocycles. The molecule has 0 aromatic heterocycles. The van der Waals surface area contributed by atoms with Crippen molar-refractivity contribution in [2.45, 2.75) is 0 Å². The van der Waals surface area contributed by atoms with Crippen LogP contribution in [0.1, 0.15) is 0 Å². The van der Waals surface area contributed by atoms with Crippen molar-refractivity contribution in [1.29, 1.82) is 0 Å². The van der Waals surface area contributed by atoms with Crippen LogP contribution in [0.5, 0.6) is 0 Å². The van der Waals surface area contributed by atoms with Crippen LogP contribution in [0.2, 0.25) is 0 Å². The summed E-state index contributed by atoms with van der Waals surface area (Å²) >= 11 is 0. The third-order valence-electron chi connectivity index (χ3n) is 1.79. The highest BCUT2D eigenvalue weighted by molar-refractivity contribution is 7.90. The lowest BCUT2D eigenvalue weighted by Crippen LogP contribution is -2.40. The number of hydrazine groups is 1. The van der Waals surface area contributed by atoms with Crippen LogP contribution in [-0.4, -0.2) is 19.2 Å². The molecule has 2 rings (SSSR count). The van der Waals surface area contributed by atoms with E-state index in [0.717, 1.165) is 4.52 Å². The number of hydrazone groups is 1. The molecule has 1 aromatic rings. The Hall–Kier alpha value is -2.02. The molecular formula is C9H10N4O2S. The molecule has 0 saturated carbocycles. The second-order valence-corrected chi connectivity index (χ2v) is 4.47. The minimum absolute atomic E-state index is 0.481. The van der Waals surface area contributed by atoms with Crippen LogP contribution in [-0.2, 0) is 10.2 Å². The van der Waals surface area contributed by atoms with Crippen molar-refractivity contribution in [2.24, 2.45) is 5.10 Å². The van der Waals surface area contributed by atoms with E-state index in [9.17, 15) is 8.42 Å². The number of benzene rings is 1. The van der Waals surface area contributed by atoms with Gasteiger partial charge in [-0.1, -0.05) is 22.7 Å². The summed E-state index contributed by atoms with van der Waals surface area (Å²) in [7, 11) is -3.71. The van der Waals surface area contributed by atoms with Crippen LogP contribution >= 0.6 is 0 Å². The SMILES string of the molecule is O=S(=O)(Nc1ccccc1)N1N=CC=CN1. The number of anilines is 1. The zero-order valence-electron chi connectivity index (χ0n) is 8.24. The smallest absolute Gasteiger partial charge is 0.274 e. The molecule has 0 saturated heterocycles. The Morgan fingerprint density at radius 3 is 2.62 bits per heavy atom. The molecule has 6 nitrogen and oxygen atoms in total. The van der Waals surface area contributed by atoms with Crippen molar-refractivity contribution in [3.05, 3.63) is 42.6 Å². The number of hydrogen-bond donors (Lipinski definition) is 2. The Bertz CT molecular complexity index is 510. The molecule has 0 amide bonds. The summed E-state index contributed by atoms with van der Waals surface area (Å²) in [6.45, 7) is 0. The van der Waals surface area contributed by atoms with E-state index >= 15 is 0 Å². The van der Waals surface area contributed by atoms with Crippen LogP contribution in [0.25, 0.3) is 0 Å². The highest BCUT2D eigenvalue weighted by atomic mass is 32.2. The molecular weight excluding hydrogens is 228 g/mol. The quantitative estimate of drug-likeness (QED) is 0.812. The number of hydrogen-bond acceptors (Lipinski definition) is 4. The molecule has 16 heavy (non-hydrogen) atoms. The van der Waals surface area contributed by atoms with E-state index in [1.54, 1.807) is 36.4 Å². The number of para-hydroxylation sites is 1. The van der Waals surface area contributed by atoms with Gasteiger partial charge in [0.2, 0.25) is 0 Å². The molecule has 0 atom stereocenters. The van der Waals surface area contributed by atoms with Gasteiger partial charge in [0.1, 0.15) is 0 Å². The summed E-state index contributed by atoms with van der Waals surface area (Å²) < 4.78 is 26.6. The molecule has 1 aromatic carbocycles. The van der Waals surface area contributed by atoms with Crippen molar-refractivity contribution in [1.82, 2.24) is 9.95 Å². The second-order valence-electron chi connectivity index (χ2n) is 2.97. The summed E-state index contributed by atoms with van der Waals surface area (Å²) in [5, 5.41) is 3.66. The van der Waals surface area contributed by atoms with Gasteiger partial charge in [-0.3, -0.25) is 10.1 Å². The van der Waals surface area contributed by atoms with E-state index in [4.69, 9.17) is 0 Å². The van der Waals surface area contributed by atoms with Gasteiger partial charge in [0.25, 0.3) is 0 Å². The lowest BCUT2D eigenvalue weighted by molar-refractivity contribution is 0.380. The zero-order chi connectivity index (χ0) is 11.4. The predicted octanol–water partition coefficient (Wildman–Crippen LogP) is 0.663. The Balaban J connectivity index is 2.15. The first kappa shape index (κ1) is 10.5. The van der Waals surface area contributed by atoms with Gasteiger partial charge in [0.05, 0.1) is 11.9 Å². The first-order valence-corrected chi connectivity index (χ1v) is 5.96. The predicted molar refractivity (Wildman–Crippen MR) is 61.6 cm³/mol. The Morgan fingerprint density at radius 2 is 2.00 bits per heavy atom. The molecule has 0 aliphatic carbocycles. The minimum atomic E-state index is -3.71. The van der Waals surface area contributed by atoms with Crippen molar-refractivity contribution in [3.63, 3.8) is 0 Å². The monoisotopic (exact) mass is 238 g/mol. The fourth-order valence-corrected chi connectivity index (χ4v) is 2.01. The van der Waals surface area contributed by atoms with Crippen LogP contribution in [0.4, 0.5) is 5.69 Å². The van der Waals surface area contributed by atoms with Crippen LogP contribution in [0.3, 0.4) is 0 Å². The molecule has 0 bridgehead atoms. The molecule has 0 fully saturated rings. The lowest BCUT2D eigenvalue weighted by Gasteiger charge is -2.20. The van der Waals surface area contributed by atoms with Gasteiger partial charge in [0.15, 0.2) is 0 Å². The first-order chi connectivity index (χ1) is 7.68. The van der Waals surface area contributed by atoms with E-state index in [1.165, 1.54) is 12.4 Å². The lowest BCUT2D eigenvalue weighted by atomic mass is 10.3. The third-order valence-corrected chi connectivity index (χ3v) is 2.94. The van der Waals surface area contributed by atoms with Crippen LogP contribution in [0.15, 0.2) is 47.7 Å². The van der Waals surface area contributed by atoms with Crippen molar-refractivity contribution < 1.29 is 8.42 Å². The van der Waals surface area contributed by atoms with Crippen LogP contribution < -0.4 is 10.1 Å². The molecule has 0 spiro atoms. The summed E-state index contributed by atoms with van der Waals surface area (Å²) in [4.78, 5) is 0. The van der Waals surface area contributed by atoms with E-state index in [-0.39, 0.29) is 0 Å². The second kappa shape index (κ2) is 4.23. The number of nitrogens with zero attached hydrogens (tertiary/aromatic N) is 2. The van der Waals surface area contributed by atoms with Gasteiger partial charge in [-0.25, -0.2) is 0 Å². The van der Waals surface area contributed by atoms with Gasteiger partial charge in [-0.2, -0.15) is 8.42 Å². The van der Waals surface area contributed by atoms with Gasteiger partial charge in [0, 0.05) is 6.20 Å². The third kappa shape index (κ3) is 2.31. The zero-order valence-corrected chi connectivity index (χ0v) is 9.05. The van der Waals surface area contributed by atoms with Gasteiger partial charge in [-0.15, -0.1) is 5.10 Å². The van der Waals surface area contributed by atoms with E-state index < -0.39 is 10.2 Å². The largest absolute Gasteiger partial charge is 0.357 e. The molecule has 2 N–H and O–H groups in total. The minimum Gasteiger partial charge on any atom is -0.274 e. The summed E-state index contributed by atoms with van der Waals surface area (Å²) in [5.74, 6) is 0. The van der Waals surface area contributed by atoms with E-state index in [1.807, 2.05) is 0 Å². The molecule has 1 heterocycles. The maximum atomic E-state index is 11.8. The van der Waals surface area contributed by atoms with Crippen molar-refractivity contribution in [2.75, 3.05) is 4.72 Å². The maximum absolute atomic E-state index is 11.8. The summed E-state index contributed by atoms with van der Waals surface area (Å²) in [6, 6.07) is 8.59. The van der Waals surface area contributed by atoms with Gasteiger partial charge in [-0.05, 0) is 18.2 Å². The molecule has 84 valence electrons. The molecule has 0 unspecified atom stereocenters. The van der Waals surface area contributed by atoms with E-state index in [0.29, 0.717) is 5.69 Å².